The molecule has 1 aliphatic carbocycles. The third-order valence-corrected chi connectivity index (χ3v) is 3.96. The Hall–Kier alpha value is -0.610. The normalized spacial score (nSPS) is 33.1. The van der Waals surface area contributed by atoms with Gasteiger partial charge in [0.2, 0.25) is 5.91 Å². The first kappa shape index (κ1) is 12.8. The minimum atomic E-state index is -0.123. The number of hydrogen-bond donors (Lipinski definition) is 2. The van der Waals surface area contributed by atoms with Gasteiger partial charge in [0.05, 0.1) is 6.61 Å². The third-order valence-electron chi connectivity index (χ3n) is 3.96. The van der Waals surface area contributed by atoms with Crippen molar-refractivity contribution in [3.05, 3.63) is 0 Å². The van der Waals surface area contributed by atoms with Crippen LogP contribution in [0.5, 0.6) is 0 Å². The number of β-amino-alcohol motifs (C(OH)–C–C–N with tert-alkyl or cyclic N) is 1. The smallest absolute Gasteiger partial charge is 0.224 e. The number of rotatable bonds is 2. The lowest BCUT2D eigenvalue weighted by atomic mass is 9.88. The molecule has 0 bridgehead atoms. The van der Waals surface area contributed by atoms with Crippen LogP contribution in [0.3, 0.4) is 0 Å². The van der Waals surface area contributed by atoms with E-state index in [0.717, 1.165) is 12.8 Å². The van der Waals surface area contributed by atoms with Crippen LogP contribution in [0.2, 0.25) is 0 Å². The molecule has 1 heterocycles. The van der Waals surface area contributed by atoms with Crippen LogP contribution in [0.25, 0.3) is 0 Å². The van der Waals surface area contributed by atoms with Gasteiger partial charge in [0.25, 0.3) is 0 Å². The van der Waals surface area contributed by atoms with E-state index in [0.29, 0.717) is 19.0 Å². The highest BCUT2D eigenvalue weighted by Gasteiger charge is 2.40. The molecule has 0 radical (unpaired) electrons. The van der Waals surface area contributed by atoms with Crippen molar-refractivity contribution < 1.29 is 9.90 Å². The van der Waals surface area contributed by atoms with Crippen molar-refractivity contribution in [2.75, 3.05) is 13.2 Å². The van der Waals surface area contributed by atoms with Crippen molar-refractivity contribution in [1.82, 2.24) is 10.2 Å². The lowest BCUT2D eigenvalue weighted by Gasteiger charge is -2.39. The van der Waals surface area contributed by atoms with Gasteiger partial charge < -0.3 is 15.3 Å². The second-order valence-corrected chi connectivity index (χ2v) is 5.97. The molecule has 1 amide bonds. The first-order chi connectivity index (χ1) is 8.03. The standard InChI is InChI=1S/C13H24N2O2/c1-13(2)9-12(17)15(7-8-16)11-6-4-3-5-10(11)14-13/h10-11,14,16H,3-9H2,1-2H3. The fourth-order valence-electron chi connectivity index (χ4n) is 3.27. The number of amides is 1. The van der Waals surface area contributed by atoms with Crippen LogP contribution >= 0.6 is 0 Å². The molecule has 2 atom stereocenters. The Morgan fingerprint density at radius 2 is 2.12 bits per heavy atom. The first-order valence-corrected chi connectivity index (χ1v) is 6.71. The summed E-state index contributed by atoms with van der Waals surface area (Å²) in [6, 6.07) is 0.682. The second-order valence-electron chi connectivity index (χ2n) is 5.97. The molecule has 17 heavy (non-hydrogen) atoms. The minimum Gasteiger partial charge on any atom is -0.395 e. The third kappa shape index (κ3) is 2.80. The van der Waals surface area contributed by atoms with Gasteiger partial charge >= 0.3 is 0 Å². The van der Waals surface area contributed by atoms with Crippen LogP contribution in [0.1, 0.15) is 46.0 Å². The van der Waals surface area contributed by atoms with E-state index < -0.39 is 0 Å². The van der Waals surface area contributed by atoms with Crippen molar-refractivity contribution in [3.8, 4) is 0 Å². The summed E-state index contributed by atoms with van der Waals surface area (Å²) >= 11 is 0. The molecule has 4 nitrogen and oxygen atoms in total. The molecule has 0 spiro atoms. The number of carbonyl (C=O) groups excluding carboxylic acids is 1. The van der Waals surface area contributed by atoms with Gasteiger partial charge in [-0.3, -0.25) is 4.79 Å². The first-order valence-electron chi connectivity index (χ1n) is 6.71. The average Bonchev–Trinajstić information content (AvgIpc) is 2.34. The van der Waals surface area contributed by atoms with Crippen LogP contribution in [0.4, 0.5) is 0 Å². The van der Waals surface area contributed by atoms with Crippen molar-refractivity contribution in [2.45, 2.75) is 63.6 Å². The molecule has 0 aromatic rings. The molecule has 1 saturated heterocycles. The van der Waals surface area contributed by atoms with Gasteiger partial charge in [-0.25, -0.2) is 0 Å². The second kappa shape index (κ2) is 4.94. The van der Waals surface area contributed by atoms with E-state index in [4.69, 9.17) is 5.11 Å². The maximum Gasteiger partial charge on any atom is 0.224 e. The van der Waals surface area contributed by atoms with Crippen molar-refractivity contribution >= 4 is 5.91 Å². The number of carbonyl (C=O) groups is 1. The zero-order valence-electron chi connectivity index (χ0n) is 10.9. The summed E-state index contributed by atoms with van der Waals surface area (Å²) in [4.78, 5) is 14.2. The summed E-state index contributed by atoms with van der Waals surface area (Å²) in [6.07, 6.45) is 5.17. The molecule has 98 valence electrons. The Labute approximate surface area is 103 Å². The predicted octanol–water partition coefficient (Wildman–Crippen LogP) is 0.890. The molecule has 2 unspecified atom stereocenters. The molecule has 0 aromatic heterocycles. The summed E-state index contributed by atoms with van der Waals surface area (Å²) in [5.41, 5.74) is -0.123. The lowest BCUT2D eigenvalue weighted by Crippen LogP contribution is -2.53. The molecule has 2 rings (SSSR count). The monoisotopic (exact) mass is 240 g/mol. The highest BCUT2D eigenvalue weighted by molar-refractivity contribution is 5.78. The molecule has 2 fully saturated rings. The summed E-state index contributed by atoms with van der Waals surface area (Å²) < 4.78 is 0. The largest absolute Gasteiger partial charge is 0.395 e. The Morgan fingerprint density at radius 3 is 2.82 bits per heavy atom. The minimum absolute atomic E-state index is 0.0649. The fraction of sp³-hybridized carbons (Fsp3) is 0.923. The SMILES string of the molecule is CC1(C)CC(=O)N(CCO)C2CCCCC2N1. The lowest BCUT2D eigenvalue weighted by molar-refractivity contribution is -0.134. The maximum absolute atomic E-state index is 12.2. The van der Waals surface area contributed by atoms with Gasteiger partial charge in [0.15, 0.2) is 0 Å². The summed E-state index contributed by atoms with van der Waals surface area (Å²) in [5, 5.41) is 12.8. The highest BCUT2D eigenvalue weighted by atomic mass is 16.3. The number of aliphatic hydroxyl groups excluding tert-OH is 1. The van der Waals surface area contributed by atoms with E-state index in [-0.39, 0.29) is 24.1 Å². The van der Waals surface area contributed by atoms with Crippen LogP contribution in [-0.2, 0) is 4.79 Å². The summed E-state index contributed by atoms with van der Waals surface area (Å²) in [6.45, 7) is 4.74. The number of hydrogen-bond acceptors (Lipinski definition) is 3. The van der Waals surface area contributed by atoms with Gasteiger partial charge in [-0.15, -0.1) is 0 Å². The van der Waals surface area contributed by atoms with Gasteiger partial charge in [0, 0.05) is 30.6 Å². The Balaban J connectivity index is 2.21. The summed E-state index contributed by atoms with van der Waals surface area (Å²) in [7, 11) is 0. The van der Waals surface area contributed by atoms with Crippen molar-refractivity contribution in [1.29, 1.82) is 0 Å². The van der Waals surface area contributed by atoms with Crippen LogP contribution < -0.4 is 5.32 Å². The van der Waals surface area contributed by atoms with Gasteiger partial charge in [-0.1, -0.05) is 12.8 Å². The molecule has 2 aliphatic rings. The maximum atomic E-state index is 12.2. The molecular weight excluding hydrogens is 216 g/mol. The quantitative estimate of drug-likeness (QED) is 0.753. The molecule has 2 N–H and O–H groups in total. The number of nitrogens with one attached hydrogen (secondary N) is 1. The molecular formula is C13H24N2O2. The fourth-order valence-corrected chi connectivity index (χ4v) is 3.27. The highest BCUT2D eigenvalue weighted by Crippen LogP contribution is 2.29. The zero-order valence-corrected chi connectivity index (χ0v) is 10.9. The topological polar surface area (TPSA) is 52.6 Å². The molecule has 0 aromatic carbocycles. The predicted molar refractivity (Wildman–Crippen MR) is 66.7 cm³/mol. The number of nitrogens with zero attached hydrogens (tertiary/aromatic N) is 1. The van der Waals surface area contributed by atoms with E-state index in [2.05, 4.69) is 19.2 Å². The Kier molecular flexibility index (Phi) is 3.73. The van der Waals surface area contributed by atoms with Gasteiger partial charge in [-0.2, -0.15) is 0 Å². The van der Waals surface area contributed by atoms with Crippen LogP contribution in [0.15, 0.2) is 0 Å². The van der Waals surface area contributed by atoms with Crippen LogP contribution in [0, 0.1) is 0 Å². The molecule has 1 aliphatic heterocycles. The number of aliphatic hydroxyl groups is 1. The van der Waals surface area contributed by atoms with Gasteiger partial charge in [-0.05, 0) is 26.7 Å². The molecule has 1 saturated carbocycles. The Bertz CT molecular complexity index is 291. The van der Waals surface area contributed by atoms with Crippen molar-refractivity contribution in [3.63, 3.8) is 0 Å². The van der Waals surface area contributed by atoms with E-state index in [1.54, 1.807) is 0 Å². The van der Waals surface area contributed by atoms with Crippen molar-refractivity contribution in [2.24, 2.45) is 0 Å². The van der Waals surface area contributed by atoms with E-state index in [1.165, 1.54) is 12.8 Å². The Morgan fingerprint density at radius 1 is 1.41 bits per heavy atom. The van der Waals surface area contributed by atoms with Gasteiger partial charge in [0.1, 0.15) is 0 Å². The number of fused-ring (bicyclic) bond motifs is 1. The van der Waals surface area contributed by atoms with E-state index in [1.807, 2.05) is 4.90 Å². The van der Waals surface area contributed by atoms with E-state index >= 15 is 0 Å². The zero-order chi connectivity index (χ0) is 12.5. The molecule has 4 heteroatoms. The average molecular weight is 240 g/mol. The van der Waals surface area contributed by atoms with E-state index in [9.17, 15) is 4.79 Å². The van der Waals surface area contributed by atoms with Crippen LogP contribution in [-0.4, -0.2) is 46.7 Å². The summed E-state index contributed by atoms with van der Waals surface area (Å²) in [5.74, 6) is 0.186.